The number of aryl methyl sites for hydroxylation is 1. The number of imidazole rings is 1. The minimum absolute atomic E-state index is 0.262. The lowest BCUT2D eigenvalue weighted by atomic mass is 9.65. The number of aromatic nitrogens is 2. The summed E-state index contributed by atoms with van der Waals surface area (Å²) in [7, 11) is 0. The van der Waals surface area contributed by atoms with Gasteiger partial charge in [0.1, 0.15) is 17.2 Å². The van der Waals surface area contributed by atoms with Gasteiger partial charge >= 0.3 is 0 Å². The Morgan fingerprint density at radius 3 is 2.37 bits per heavy atom. The lowest BCUT2D eigenvalue weighted by molar-refractivity contribution is -0.0960. The Labute approximate surface area is 178 Å². The lowest BCUT2D eigenvalue weighted by Crippen LogP contribution is -2.43. The van der Waals surface area contributed by atoms with E-state index in [1.54, 1.807) is 12.1 Å². The SMILES string of the molecule is Cc1cnc([C@]2(OCC3CC3)CC[C@](C#N)(c3ccc(F)cc3)CC2)n1CC1CC1. The highest BCUT2D eigenvalue weighted by Crippen LogP contribution is 2.50. The average molecular weight is 408 g/mol. The van der Waals surface area contributed by atoms with Crippen molar-refractivity contribution in [3.05, 3.63) is 53.4 Å². The third kappa shape index (κ3) is 3.67. The fourth-order valence-corrected chi connectivity index (χ4v) is 4.92. The zero-order valence-corrected chi connectivity index (χ0v) is 17.7. The molecule has 0 saturated heterocycles. The summed E-state index contributed by atoms with van der Waals surface area (Å²) in [5.74, 6) is 2.23. The first kappa shape index (κ1) is 19.8. The van der Waals surface area contributed by atoms with Crippen LogP contribution in [0.4, 0.5) is 4.39 Å². The molecule has 1 aromatic carbocycles. The van der Waals surface area contributed by atoms with Crippen LogP contribution in [0.1, 0.15) is 68.4 Å². The van der Waals surface area contributed by atoms with E-state index in [2.05, 4.69) is 17.6 Å². The van der Waals surface area contributed by atoms with E-state index in [0.29, 0.717) is 18.8 Å². The van der Waals surface area contributed by atoms with Gasteiger partial charge in [0, 0.05) is 18.4 Å². The first-order valence-corrected chi connectivity index (χ1v) is 11.4. The second-order valence-corrected chi connectivity index (χ2v) is 9.73. The van der Waals surface area contributed by atoms with Gasteiger partial charge in [0.2, 0.25) is 0 Å². The van der Waals surface area contributed by atoms with Crippen molar-refractivity contribution in [1.82, 2.24) is 9.55 Å². The molecule has 0 amide bonds. The monoisotopic (exact) mass is 407 g/mol. The fourth-order valence-electron chi connectivity index (χ4n) is 4.92. The van der Waals surface area contributed by atoms with Gasteiger partial charge in [-0.1, -0.05) is 12.1 Å². The van der Waals surface area contributed by atoms with Crippen molar-refractivity contribution in [1.29, 1.82) is 5.26 Å². The Morgan fingerprint density at radius 1 is 1.10 bits per heavy atom. The predicted molar refractivity (Wildman–Crippen MR) is 112 cm³/mol. The molecule has 2 aromatic rings. The number of hydrogen-bond acceptors (Lipinski definition) is 3. The quantitative estimate of drug-likeness (QED) is 0.618. The van der Waals surface area contributed by atoms with E-state index in [1.807, 2.05) is 6.20 Å². The molecule has 0 N–H and O–H groups in total. The fraction of sp³-hybridized carbons (Fsp3) is 0.600. The molecular weight excluding hydrogens is 377 g/mol. The van der Waals surface area contributed by atoms with Crippen molar-refractivity contribution in [3.63, 3.8) is 0 Å². The Morgan fingerprint density at radius 2 is 1.77 bits per heavy atom. The van der Waals surface area contributed by atoms with E-state index >= 15 is 0 Å². The molecule has 3 saturated carbocycles. The first-order chi connectivity index (χ1) is 14.5. The third-order valence-electron chi connectivity index (χ3n) is 7.41. The van der Waals surface area contributed by atoms with Gasteiger partial charge in [-0.25, -0.2) is 9.37 Å². The number of nitrogens with zero attached hydrogens (tertiary/aromatic N) is 3. The first-order valence-electron chi connectivity index (χ1n) is 11.4. The number of hydrogen-bond donors (Lipinski definition) is 0. The van der Waals surface area contributed by atoms with Gasteiger partial charge in [-0.05, 0) is 87.8 Å². The molecule has 5 heteroatoms. The number of nitriles is 1. The second-order valence-electron chi connectivity index (χ2n) is 9.73. The minimum atomic E-state index is -0.580. The van der Waals surface area contributed by atoms with Crippen LogP contribution in [0.25, 0.3) is 0 Å². The molecule has 30 heavy (non-hydrogen) atoms. The molecule has 3 fully saturated rings. The van der Waals surface area contributed by atoms with Gasteiger partial charge in [-0.15, -0.1) is 0 Å². The largest absolute Gasteiger partial charge is 0.367 e. The zero-order valence-electron chi connectivity index (χ0n) is 17.7. The molecule has 4 nitrogen and oxygen atoms in total. The van der Waals surface area contributed by atoms with E-state index in [0.717, 1.165) is 43.3 Å². The average Bonchev–Trinajstić information content (AvgIpc) is 3.68. The van der Waals surface area contributed by atoms with Crippen molar-refractivity contribution < 1.29 is 9.13 Å². The van der Waals surface area contributed by atoms with E-state index < -0.39 is 11.0 Å². The molecule has 1 aromatic heterocycles. The zero-order chi connectivity index (χ0) is 20.8. The van der Waals surface area contributed by atoms with E-state index in [4.69, 9.17) is 9.72 Å². The molecule has 3 aliphatic rings. The predicted octanol–water partition coefficient (Wildman–Crippen LogP) is 5.40. The Bertz CT molecular complexity index is 942. The Balaban J connectivity index is 1.44. The van der Waals surface area contributed by atoms with Gasteiger partial charge in [0.25, 0.3) is 0 Å². The summed E-state index contributed by atoms with van der Waals surface area (Å²) in [4.78, 5) is 4.85. The summed E-state index contributed by atoms with van der Waals surface area (Å²) in [6.45, 7) is 3.94. The molecule has 3 aliphatic carbocycles. The van der Waals surface area contributed by atoms with Crippen LogP contribution in [0.3, 0.4) is 0 Å². The van der Waals surface area contributed by atoms with Crippen molar-refractivity contribution in [2.45, 2.75) is 75.9 Å². The number of halogens is 1. The topological polar surface area (TPSA) is 50.8 Å². The smallest absolute Gasteiger partial charge is 0.141 e. The molecular formula is C25H30FN3O. The van der Waals surface area contributed by atoms with Crippen molar-refractivity contribution >= 4 is 0 Å². The molecule has 5 rings (SSSR count). The third-order valence-corrected chi connectivity index (χ3v) is 7.41. The highest BCUT2D eigenvalue weighted by molar-refractivity contribution is 5.34. The lowest BCUT2D eigenvalue weighted by Gasteiger charge is -2.43. The Hall–Kier alpha value is -2.19. The van der Waals surface area contributed by atoms with Crippen LogP contribution in [0.15, 0.2) is 30.5 Å². The van der Waals surface area contributed by atoms with E-state index in [-0.39, 0.29) is 5.82 Å². The van der Waals surface area contributed by atoms with Crippen molar-refractivity contribution in [2.24, 2.45) is 11.8 Å². The molecule has 0 bridgehead atoms. The van der Waals surface area contributed by atoms with Gasteiger partial charge in [-0.3, -0.25) is 0 Å². The van der Waals surface area contributed by atoms with Crippen LogP contribution >= 0.6 is 0 Å². The van der Waals surface area contributed by atoms with Crippen LogP contribution in [0.2, 0.25) is 0 Å². The molecule has 0 atom stereocenters. The van der Waals surface area contributed by atoms with Gasteiger partial charge in [-0.2, -0.15) is 5.26 Å². The Kier molecular flexibility index (Phi) is 4.94. The normalized spacial score (nSPS) is 29.0. The highest BCUT2D eigenvalue weighted by atomic mass is 19.1. The van der Waals surface area contributed by atoms with Crippen LogP contribution in [0.5, 0.6) is 0 Å². The number of ether oxygens (including phenoxy) is 1. The maximum atomic E-state index is 13.5. The summed E-state index contributed by atoms with van der Waals surface area (Å²) in [5.41, 5.74) is 1.11. The maximum absolute atomic E-state index is 13.5. The summed E-state index contributed by atoms with van der Waals surface area (Å²) >= 11 is 0. The summed E-state index contributed by atoms with van der Waals surface area (Å²) in [5, 5.41) is 10.1. The van der Waals surface area contributed by atoms with Crippen LogP contribution < -0.4 is 0 Å². The van der Waals surface area contributed by atoms with E-state index in [1.165, 1.54) is 43.5 Å². The van der Waals surface area contributed by atoms with Crippen molar-refractivity contribution in [2.75, 3.05) is 6.61 Å². The summed E-state index contributed by atoms with van der Waals surface area (Å²) in [6.07, 6.45) is 10.0. The molecule has 0 aliphatic heterocycles. The van der Waals surface area contributed by atoms with Gasteiger partial charge in [0.15, 0.2) is 0 Å². The standard InChI is InChI=1S/C25H30FN3O/c1-18-14-28-23(29(18)15-19-2-3-19)25(30-16-20-4-5-20)12-10-24(17-27,11-13-25)21-6-8-22(26)9-7-21/h6-9,14,19-20H,2-5,10-13,15-16H2,1H3/t24-,25-. The van der Waals surface area contributed by atoms with E-state index in [9.17, 15) is 9.65 Å². The maximum Gasteiger partial charge on any atom is 0.141 e. The van der Waals surface area contributed by atoms with Crippen LogP contribution in [-0.2, 0) is 22.3 Å². The van der Waals surface area contributed by atoms with Crippen molar-refractivity contribution in [3.8, 4) is 6.07 Å². The van der Waals surface area contributed by atoms with Gasteiger partial charge in [0.05, 0.1) is 18.1 Å². The second kappa shape index (κ2) is 7.50. The van der Waals surface area contributed by atoms with Crippen LogP contribution in [0, 0.1) is 35.9 Å². The number of benzene rings is 1. The molecule has 158 valence electrons. The molecule has 1 heterocycles. The van der Waals surface area contributed by atoms with Crippen LogP contribution in [-0.4, -0.2) is 16.2 Å². The summed E-state index contributed by atoms with van der Waals surface area (Å²) in [6, 6.07) is 9.05. The van der Waals surface area contributed by atoms with Gasteiger partial charge < -0.3 is 9.30 Å². The number of rotatable bonds is 7. The molecule has 0 unspecified atom stereocenters. The molecule has 0 spiro atoms. The minimum Gasteiger partial charge on any atom is -0.367 e. The highest BCUT2D eigenvalue weighted by Gasteiger charge is 2.49. The summed E-state index contributed by atoms with van der Waals surface area (Å²) < 4.78 is 22.5. The molecule has 0 radical (unpaired) electrons.